The van der Waals surface area contributed by atoms with Crippen LogP contribution in [-0.2, 0) is 21.4 Å². The zero-order valence-electron chi connectivity index (χ0n) is 25.1. The molecule has 3 N–H and O–H groups in total. The number of hydrogen-bond donors (Lipinski definition) is 2. The Morgan fingerprint density at radius 3 is 1.95 bits per heavy atom. The number of esters is 1. The number of aryl methyl sites for hydroxylation is 3. The van der Waals surface area contributed by atoms with Crippen molar-refractivity contribution in [2.45, 2.75) is 91.7 Å². The van der Waals surface area contributed by atoms with Gasteiger partial charge in [0.25, 0.3) is 0 Å². The summed E-state index contributed by atoms with van der Waals surface area (Å²) >= 11 is 0. The van der Waals surface area contributed by atoms with Crippen molar-refractivity contribution >= 4 is 5.97 Å². The molecule has 0 radical (unpaired) electrons. The van der Waals surface area contributed by atoms with Crippen LogP contribution in [-0.4, -0.2) is 24.3 Å². The molecule has 4 nitrogen and oxygen atoms in total. The molecule has 3 aromatic carbocycles. The molecule has 0 bridgehead atoms. The summed E-state index contributed by atoms with van der Waals surface area (Å²) in [5, 5.41) is 10.5. The summed E-state index contributed by atoms with van der Waals surface area (Å²) in [6.45, 7) is 15.2. The summed E-state index contributed by atoms with van der Waals surface area (Å²) in [6.07, 6.45) is 3.34. The minimum absolute atomic E-state index is 0.0748. The van der Waals surface area contributed by atoms with E-state index in [1.165, 1.54) is 40.5 Å². The van der Waals surface area contributed by atoms with E-state index in [1.54, 1.807) is 0 Å². The van der Waals surface area contributed by atoms with Crippen LogP contribution in [0.5, 0.6) is 0 Å². The first-order valence-electron chi connectivity index (χ1n) is 14.2. The van der Waals surface area contributed by atoms with E-state index in [0.29, 0.717) is 0 Å². The summed E-state index contributed by atoms with van der Waals surface area (Å²) in [6, 6.07) is 20.8. The van der Waals surface area contributed by atoms with Gasteiger partial charge in [-0.15, -0.1) is 0 Å². The molecule has 0 saturated heterocycles. The second-order valence-electron chi connectivity index (χ2n) is 12.0. The van der Waals surface area contributed by atoms with Gasteiger partial charge in [0, 0.05) is 5.41 Å². The highest BCUT2D eigenvalue weighted by atomic mass is 16.5. The molecule has 39 heavy (non-hydrogen) atoms. The number of aliphatic hydroxyl groups is 1. The van der Waals surface area contributed by atoms with Gasteiger partial charge in [-0.1, -0.05) is 95.3 Å². The van der Waals surface area contributed by atoms with Crippen molar-refractivity contribution in [2.75, 3.05) is 7.11 Å². The van der Waals surface area contributed by atoms with E-state index in [4.69, 9.17) is 10.5 Å². The molecule has 1 unspecified atom stereocenters. The first-order chi connectivity index (χ1) is 18.4. The Kier molecular flexibility index (Phi) is 9.79. The van der Waals surface area contributed by atoms with Crippen molar-refractivity contribution in [3.05, 3.63) is 94.0 Å². The molecule has 0 aliphatic heterocycles. The summed E-state index contributed by atoms with van der Waals surface area (Å²) in [4.78, 5) is 11.8. The van der Waals surface area contributed by atoms with Crippen molar-refractivity contribution in [3.8, 4) is 11.1 Å². The number of benzene rings is 3. The van der Waals surface area contributed by atoms with Crippen LogP contribution in [0.3, 0.4) is 0 Å². The Morgan fingerprint density at radius 2 is 1.46 bits per heavy atom. The van der Waals surface area contributed by atoms with Crippen molar-refractivity contribution in [1.29, 1.82) is 0 Å². The minimum atomic E-state index is -0.777. The van der Waals surface area contributed by atoms with E-state index in [-0.39, 0.29) is 16.9 Å². The van der Waals surface area contributed by atoms with Gasteiger partial charge in [-0.25, -0.2) is 0 Å². The number of methoxy groups -OCH3 is 1. The second kappa shape index (κ2) is 12.5. The highest BCUT2D eigenvalue weighted by Crippen LogP contribution is 2.41. The zero-order valence-corrected chi connectivity index (χ0v) is 25.1. The van der Waals surface area contributed by atoms with Gasteiger partial charge in [-0.3, -0.25) is 4.79 Å². The molecule has 0 saturated carbocycles. The van der Waals surface area contributed by atoms with Crippen molar-refractivity contribution in [3.63, 3.8) is 0 Å². The lowest BCUT2D eigenvalue weighted by atomic mass is 9.69. The van der Waals surface area contributed by atoms with Gasteiger partial charge in [-0.2, -0.15) is 0 Å². The van der Waals surface area contributed by atoms with Gasteiger partial charge in [-0.05, 0) is 89.5 Å². The zero-order chi connectivity index (χ0) is 29.0. The number of carbonyl (C=O) groups is 1. The molecule has 0 aliphatic carbocycles. The Bertz CT molecular complexity index is 1270. The lowest BCUT2D eigenvalue weighted by Crippen LogP contribution is -2.27. The number of ether oxygens (including phenoxy) is 1. The lowest BCUT2D eigenvalue weighted by molar-refractivity contribution is -0.142. The third kappa shape index (κ3) is 6.62. The fraction of sp³-hybridized carbons (Fsp3) is 0.457. The molecule has 0 fully saturated rings. The van der Waals surface area contributed by atoms with Gasteiger partial charge >= 0.3 is 5.97 Å². The summed E-state index contributed by atoms with van der Waals surface area (Å²) in [5.41, 5.74) is 15.3. The van der Waals surface area contributed by atoms with Crippen LogP contribution < -0.4 is 5.73 Å². The molecule has 210 valence electrons. The Labute approximate surface area is 235 Å². The molecule has 3 aromatic rings. The summed E-state index contributed by atoms with van der Waals surface area (Å²) < 4.78 is 4.78. The van der Waals surface area contributed by atoms with Crippen LogP contribution in [0.2, 0.25) is 0 Å². The van der Waals surface area contributed by atoms with E-state index < -0.39 is 12.0 Å². The van der Waals surface area contributed by atoms with Crippen LogP contribution >= 0.6 is 0 Å². The molecule has 3 rings (SSSR count). The molecule has 0 aliphatic rings. The number of nitrogens with two attached hydrogens (primary N) is 1. The maximum Gasteiger partial charge on any atom is 0.327 e. The predicted molar refractivity (Wildman–Crippen MR) is 162 cm³/mol. The molecule has 0 aromatic heterocycles. The third-order valence-corrected chi connectivity index (χ3v) is 8.60. The average Bonchev–Trinajstić information content (AvgIpc) is 2.92. The van der Waals surface area contributed by atoms with Gasteiger partial charge in [0.15, 0.2) is 0 Å². The highest BCUT2D eigenvalue weighted by Gasteiger charge is 2.31. The first-order valence-corrected chi connectivity index (χ1v) is 14.2. The third-order valence-electron chi connectivity index (χ3n) is 8.60. The van der Waals surface area contributed by atoms with E-state index in [1.807, 2.05) is 24.3 Å². The van der Waals surface area contributed by atoms with Gasteiger partial charge < -0.3 is 15.6 Å². The van der Waals surface area contributed by atoms with Gasteiger partial charge in [0.05, 0.1) is 13.2 Å². The molecule has 4 heteroatoms. The Hall–Kier alpha value is -2.95. The summed E-state index contributed by atoms with van der Waals surface area (Å²) in [7, 11) is 1.35. The largest absolute Gasteiger partial charge is 0.468 e. The minimum Gasteiger partial charge on any atom is -0.468 e. The number of hydrogen-bond acceptors (Lipinski definition) is 4. The molecule has 0 heterocycles. The van der Waals surface area contributed by atoms with E-state index >= 15 is 0 Å². The quantitative estimate of drug-likeness (QED) is 0.265. The van der Waals surface area contributed by atoms with Crippen LogP contribution in [0.1, 0.15) is 93.3 Å². The van der Waals surface area contributed by atoms with Crippen molar-refractivity contribution < 1.29 is 14.6 Å². The van der Waals surface area contributed by atoms with Crippen molar-refractivity contribution in [2.24, 2.45) is 11.1 Å². The topological polar surface area (TPSA) is 72.5 Å². The van der Waals surface area contributed by atoms with Crippen LogP contribution in [0, 0.1) is 19.3 Å². The smallest absolute Gasteiger partial charge is 0.327 e. The van der Waals surface area contributed by atoms with Gasteiger partial charge in [0.1, 0.15) is 6.04 Å². The summed E-state index contributed by atoms with van der Waals surface area (Å²) in [5.74, 6) is -0.440. The SMILES string of the molecule is CCC(CC)(c1ccc(CCC(O)C(C)(C)C)c(C)c1)c1ccc(-c2ccc([C@H](N)C(=O)OC)cc2)c(C)c1. The maximum absolute atomic E-state index is 11.8. The normalized spacial score (nSPS) is 13.7. The maximum atomic E-state index is 11.8. The molecular weight excluding hydrogens is 482 g/mol. The fourth-order valence-corrected chi connectivity index (χ4v) is 5.65. The van der Waals surface area contributed by atoms with Crippen LogP contribution in [0.15, 0.2) is 60.7 Å². The number of carbonyl (C=O) groups excluding carboxylic acids is 1. The van der Waals surface area contributed by atoms with E-state index in [2.05, 4.69) is 84.9 Å². The number of rotatable bonds is 10. The molecule has 2 atom stereocenters. The Morgan fingerprint density at radius 1 is 0.897 bits per heavy atom. The first kappa shape index (κ1) is 30.6. The lowest BCUT2D eigenvalue weighted by Gasteiger charge is -2.34. The number of aliphatic hydroxyl groups excluding tert-OH is 1. The Balaban J connectivity index is 1.90. The fourth-order valence-electron chi connectivity index (χ4n) is 5.65. The molecule has 0 spiro atoms. The van der Waals surface area contributed by atoms with Crippen molar-refractivity contribution in [1.82, 2.24) is 0 Å². The van der Waals surface area contributed by atoms with E-state index in [9.17, 15) is 9.90 Å². The highest BCUT2D eigenvalue weighted by molar-refractivity contribution is 5.78. The van der Waals surface area contributed by atoms with Crippen LogP contribution in [0.4, 0.5) is 0 Å². The average molecular weight is 530 g/mol. The standard InChI is InChI=1S/C35H47NO3/c1-9-35(10-2,28-17-15-25(23(3)21-28)16-20-31(37)34(5,6)7)29-18-19-30(24(4)22-29)26-11-13-27(14-12-26)32(36)33(38)39-8/h11-15,17-19,21-22,31-32,37H,9-10,16,20,36H2,1-8H3/t31?,32-/m0/s1. The molecule has 0 amide bonds. The predicted octanol–water partition coefficient (Wildman–Crippen LogP) is 7.59. The monoisotopic (exact) mass is 529 g/mol. The van der Waals surface area contributed by atoms with Crippen LogP contribution in [0.25, 0.3) is 11.1 Å². The van der Waals surface area contributed by atoms with Gasteiger partial charge in [0.2, 0.25) is 0 Å². The van der Waals surface area contributed by atoms with E-state index in [0.717, 1.165) is 36.8 Å². The molecular formula is C35H47NO3. The second-order valence-corrected chi connectivity index (χ2v) is 12.0.